The van der Waals surface area contributed by atoms with Crippen LogP contribution in [0.3, 0.4) is 0 Å². The predicted octanol–water partition coefficient (Wildman–Crippen LogP) is 4.65. The molecule has 6 heteroatoms. The van der Waals surface area contributed by atoms with Gasteiger partial charge in [-0.2, -0.15) is 0 Å². The molecule has 1 aliphatic carbocycles. The molecule has 1 fully saturated rings. The molecule has 0 saturated heterocycles. The molecule has 0 aromatic heterocycles. The number of hydrogen-bond acceptors (Lipinski definition) is 3. The number of benzene rings is 1. The summed E-state index contributed by atoms with van der Waals surface area (Å²) in [6.45, 7) is 6.49. The maximum absolute atomic E-state index is 12.9. The number of rotatable bonds is 6. The molecule has 3 rings (SSSR count). The summed E-state index contributed by atoms with van der Waals surface area (Å²) in [7, 11) is 0. The van der Waals surface area contributed by atoms with E-state index in [0.717, 1.165) is 25.7 Å². The van der Waals surface area contributed by atoms with Gasteiger partial charge < -0.3 is 10.0 Å². The zero-order valence-corrected chi connectivity index (χ0v) is 17.7. The van der Waals surface area contributed by atoms with Crippen molar-refractivity contribution < 1.29 is 19.5 Å². The van der Waals surface area contributed by atoms with Crippen LogP contribution in [0.15, 0.2) is 24.3 Å². The molecule has 1 atom stereocenters. The maximum atomic E-state index is 12.9. The summed E-state index contributed by atoms with van der Waals surface area (Å²) in [6, 6.07) is 6.43. The van der Waals surface area contributed by atoms with E-state index in [1.54, 1.807) is 24.3 Å². The molecule has 0 spiro atoms. The van der Waals surface area contributed by atoms with Crippen LogP contribution in [-0.4, -0.2) is 51.9 Å². The highest BCUT2D eigenvalue weighted by Gasteiger charge is 2.39. The third-order valence-corrected chi connectivity index (χ3v) is 5.93. The van der Waals surface area contributed by atoms with Gasteiger partial charge in [-0.05, 0) is 29.9 Å². The Labute approximate surface area is 172 Å². The molecule has 2 aliphatic rings. The smallest absolute Gasteiger partial charge is 0.407 e. The van der Waals surface area contributed by atoms with Crippen molar-refractivity contribution in [1.82, 2.24) is 9.80 Å². The summed E-state index contributed by atoms with van der Waals surface area (Å²) in [5, 5.41) is 9.95. The highest BCUT2D eigenvalue weighted by molar-refractivity contribution is 6.21. The number of nitrogens with zero attached hydrogens (tertiary/aromatic N) is 2. The number of hydrogen-bond donors (Lipinski definition) is 1. The van der Waals surface area contributed by atoms with Crippen LogP contribution in [0.5, 0.6) is 0 Å². The summed E-state index contributed by atoms with van der Waals surface area (Å²) >= 11 is 0. The van der Waals surface area contributed by atoms with Crippen molar-refractivity contribution in [3.8, 4) is 0 Å². The Kier molecular flexibility index (Phi) is 6.30. The Hall–Kier alpha value is -2.37. The second kappa shape index (κ2) is 8.56. The van der Waals surface area contributed by atoms with Gasteiger partial charge in [0, 0.05) is 13.1 Å². The normalized spacial score (nSPS) is 18.7. The number of carbonyl (C=O) groups excluding carboxylic acids is 2. The van der Waals surface area contributed by atoms with Gasteiger partial charge in [0.15, 0.2) is 0 Å². The molecule has 0 radical (unpaired) electrons. The standard InChI is InChI=1S/C23H32N2O4/c1-23(2,3)15-25(22(28)29)17(13-16-9-5-4-6-10-16)14-24-20(26)18-11-7-8-12-19(18)21(24)27/h7-8,11-12,16-17H,4-6,9-10,13-15H2,1-3H3,(H,28,29)/t17-/m0/s1. The molecule has 1 saturated carbocycles. The lowest BCUT2D eigenvalue weighted by atomic mass is 9.84. The Morgan fingerprint density at radius 3 is 2.14 bits per heavy atom. The van der Waals surface area contributed by atoms with Crippen molar-refractivity contribution in [2.24, 2.45) is 11.3 Å². The summed E-state index contributed by atoms with van der Waals surface area (Å²) in [5.41, 5.74) is 0.601. The highest BCUT2D eigenvalue weighted by Crippen LogP contribution is 2.31. The summed E-state index contributed by atoms with van der Waals surface area (Å²) in [5.74, 6) is -0.202. The van der Waals surface area contributed by atoms with Gasteiger partial charge in [0.25, 0.3) is 11.8 Å². The number of amides is 3. The lowest BCUT2D eigenvalue weighted by Gasteiger charge is -2.38. The van der Waals surface area contributed by atoms with Crippen LogP contribution in [0.25, 0.3) is 0 Å². The van der Waals surface area contributed by atoms with E-state index in [1.165, 1.54) is 16.2 Å². The Morgan fingerprint density at radius 1 is 1.10 bits per heavy atom. The lowest BCUT2D eigenvalue weighted by Crippen LogP contribution is -2.51. The zero-order chi connectivity index (χ0) is 21.2. The molecule has 1 aromatic rings. The molecule has 1 aromatic carbocycles. The van der Waals surface area contributed by atoms with Crippen LogP contribution >= 0.6 is 0 Å². The van der Waals surface area contributed by atoms with Crippen molar-refractivity contribution >= 4 is 17.9 Å². The topological polar surface area (TPSA) is 77.9 Å². The van der Waals surface area contributed by atoms with E-state index in [4.69, 9.17) is 0 Å². The average molecular weight is 401 g/mol. The molecule has 1 N–H and O–H groups in total. The zero-order valence-electron chi connectivity index (χ0n) is 17.7. The van der Waals surface area contributed by atoms with Gasteiger partial charge in [0.1, 0.15) is 0 Å². The largest absolute Gasteiger partial charge is 0.465 e. The summed E-state index contributed by atoms with van der Waals surface area (Å²) < 4.78 is 0. The Bertz CT molecular complexity index is 742. The van der Waals surface area contributed by atoms with Crippen LogP contribution < -0.4 is 0 Å². The third-order valence-electron chi connectivity index (χ3n) is 5.93. The maximum Gasteiger partial charge on any atom is 0.407 e. The van der Waals surface area contributed by atoms with E-state index in [-0.39, 0.29) is 23.8 Å². The Balaban J connectivity index is 1.85. The molecule has 158 valence electrons. The second-order valence-electron chi connectivity index (χ2n) is 9.63. The van der Waals surface area contributed by atoms with Crippen LogP contribution in [-0.2, 0) is 0 Å². The van der Waals surface area contributed by atoms with E-state index in [1.807, 2.05) is 20.8 Å². The van der Waals surface area contributed by atoms with Gasteiger partial charge in [-0.25, -0.2) is 4.79 Å². The minimum atomic E-state index is -0.989. The first-order valence-electron chi connectivity index (χ1n) is 10.6. The number of carbonyl (C=O) groups is 3. The molecule has 3 amide bonds. The monoisotopic (exact) mass is 400 g/mol. The first-order chi connectivity index (χ1) is 13.7. The van der Waals surface area contributed by atoms with E-state index in [0.29, 0.717) is 30.0 Å². The first kappa shape index (κ1) is 21.3. The third kappa shape index (κ3) is 4.98. The SMILES string of the molecule is CC(C)(C)CN(C(=O)O)[C@@H](CC1CCCCC1)CN1C(=O)c2ccccc2C1=O. The molecule has 6 nitrogen and oxygen atoms in total. The van der Waals surface area contributed by atoms with Crippen molar-refractivity contribution in [2.45, 2.75) is 65.3 Å². The fourth-order valence-electron chi connectivity index (χ4n) is 4.59. The predicted molar refractivity (Wildman–Crippen MR) is 111 cm³/mol. The highest BCUT2D eigenvalue weighted by atomic mass is 16.4. The van der Waals surface area contributed by atoms with Crippen molar-refractivity contribution in [3.05, 3.63) is 35.4 Å². The first-order valence-corrected chi connectivity index (χ1v) is 10.6. The molecule has 1 heterocycles. The molecule has 0 unspecified atom stereocenters. The van der Waals surface area contributed by atoms with Gasteiger partial charge >= 0.3 is 6.09 Å². The van der Waals surface area contributed by atoms with E-state index >= 15 is 0 Å². The fraction of sp³-hybridized carbons (Fsp3) is 0.609. The number of imide groups is 1. The minimum absolute atomic E-state index is 0.116. The molecule has 29 heavy (non-hydrogen) atoms. The van der Waals surface area contributed by atoms with E-state index in [9.17, 15) is 19.5 Å². The van der Waals surface area contributed by atoms with E-state index in [2.05, 4.69) is 0 Å². The van der Waals surface area contributed by atoms with Crippen LogP contribution in [0, 0.1) is 11.3 Å². The summed E-state index contributed by atoms with van der Waals surface area (Å²) in [4.78, 5) is 40.6. The lowest BCUT2D eigenvalue weighted by molar-refractivity contribution is 0.0506. The van der Waals surface area contributed by atoms with Crippen molar-refractivity contribution in [2.75, 3.05) is 13.1 Å². The van der Waals surface area contributed by atoms with Crippen LogP contribution in [0.2, 0.25) is 0 Å². The van der Waals surface area contributed by atoms with Crippen LogP contribution in [0.4, 0.5) is 4.79 Å². The molecule has 0 bridgehead atoms. The van der Waals surface area contributed by atoms with Crippen molar-refractivity contribution in [1.29, 1.82) is 0 Å². The molecule has 1 aliphatic heterocycles. The Morgan fingerprint density at radius 2 is 1.66 bits per heavy atom. The minimum Gasteiger partial charge on any atom is -0.465 e. The van der Waals surface area contributed by atoms with Crippen molar-refractivity contribution in [3.63, 3.8) is 0 Å². The van der Waals surface area contributed by atoms with Gasteiger partial charge in [0.05, 0.1) is 17.2 Å². The fourth-order valence-corrected chi connectivity index (χ4v) is 4.59. The quantitative estimate of drug-likeness (QED) is 0.705. The van der Waals surface area contributed by atoms with Gasteiger partial charge in [-0.15, -0.1) is 0 Å². The molecular weight excluding hydrogens is 368 g/mol. The van der Waals surface area contributed by atoms with Crippen LogP contribution in [0.1, 0.15) is 80.0 Å². The number of carboxylic acid groups (broad SMARTS) is 1. The van der Waals surface area contributed by atoms with E-state index < -0.39 is 12.1 Å². The van der Waals surface area contributed by atoms with Gasteiger partial charge in [-0.1, -0.05) is 65.0 Å². The van der Waals surface area contributed by atoms with Gasteiger partial charge in [-0.3, -0.25) is 14.5 Å². The summed E-state index contributed by atoms with van der Waals surface area (Å²) in [6.07, 6.45) is 5.42. The van der Waals surface area contributed by atoms with Gasteiger partial charge in [0.2, 0.25) is 0 Å². The molecular formula is C23H32N2O4. The second-order valence-corrected chi connectivity index (χ2v) is 9.63. The average Bonchev–Trinajstić information content (AvgIpc) is 2.91. The number of fused-ring (bicyclic) bond motifs is 1.